The summed E-state index contributed by atoms with van der Waals surface area (Å²) in [7, 11) is 0. The van der Waals surface area contributed by atoms with Crippen LogP contribution in [0, 0.1) is 0 Å². The van der Waals surface area contributed by atoms with Gasteiger partial charge in [0, 0.05) is 25.0 Å². The van der Waals surface area contributed by atoms with Gasteiger partial charge in [0.2, 0.25) is 5.91 Å². The molecular weight excluding hydrogens is 204 g/mol. The molecule has 0 aromatic rings. The van der Waals surface area contributed by atoms with Crippen LogP contribution in [-0.2, 0) is 4.79 Å². The molecule has 0 bridgehead atoms. The number of aliphatic hydroxyl groups excluding tert-OH is 1. The second kappa shape index (κ2) is 7.63. The minimum atomic E-state index is -0.300. The molecule has 0 aliphatic carbocycles. The van der Waals surface area contributed by atoms with Gasteiger partial charge in [-0.05, 0) is 26.7 Å². The fourth-order valence-electron chi connectivity index (χ4n) is 1.42. The average molecular weight is 230 g/mol. The first-order valence-electron chi connectivity index (χ1n) is 6.08. The maximum atomic E-state index is 11.8. The highest BCUT2D eigenvalue weighted by atomic mass is 16.3. The number of nitrogens with zero attached hydrogens (tertiary/aromatic N) is 1. The molecule has 0 aliphatic rings. The quantitative estimate of drug-likeness (QED) is 0.657. The van der Waals surface area contributed by atoms with Crippen LogP contribution >= 0.6 is 0 Å². The number of hydrogen-bond donors (Lipinski definition) is 2. The summed E-state index contributed by atoms with van der Waals surface area (Å²) >= 11 is 0. The lowest BCUT2D eigenvalue weighted by atomic mass is 9.99. The van der Waals surface area contributed by atoms with Gasteiger partial charge in [-0.3, -0.25) is 4.79 Å². The molecule has 4 heteroatoms. The first-order chi connectivity index (χ1) is 7.40. The zero-order valence-corrected chi connectivity index (χ0v) is 10.8. The van der Waals surface area contributed by atoms with Crippen LogP contribution in [0.25, 0.3) is 0 Å². The second-order valence-electron chi connectivity index (χ2n) is 4.95. The minimum absolute atomic E-state index is 0.0292. The molecule has 0 atom stereocenters. The smallest absolute Gasteiger partial charge is 0.222 e. The van der Waals surface area contributed by atoms with E-state index in [0.29, 0.717) is 19.4 Å². The lowest BCUT2D eigenvalue weighted by Gasteiger charge is -2.24. The molecule has 0 radical (unpaired) electrons. The number of nitrogens with two attached hydrogens (primary N) is 1. The van der Waals surface area contributed by atoms with Crippen molar-refractivity contribution in [2.45, 2.75) is 52.0 Å². The summed E-state index contributed by atoms with van der Waals surface area (Å²) in [5.41, 5.74) is 5.54. The van der Waals surface area contributed by atoms with Crippen LogP contribution in [0.2, 0.25) is 0 Å². The summed E-state index contributed by atoms with van der Waals surface area (Å²) in [6.07, 6.45) is 3.18. The zero-order chi connectivity index (χ0) is 12.6. The summed E-state index contributed by atoms with van der Waals surface area (Å²) in [4.78, 5) is 13.6. The van der Waals surface area contributed by atoms with Gasteiger partial charge in [-0.2, -0.15) is 0 Å². The molecule has 0 heterocycles. The summed E-state index contributed by atoms with van der Waals surface area (Å²) < 4.78 is 0. The topological polar surface area (TPSA) is 66.6 Å². The van der Waals surface area contributed by atoms with Crippen LogP contribution < -0.4 is 5.73 Å². The SMILES string of the molecule is CCCCN(CCO)C(=O)CCC(C)(C)N. The van der Waals surface area contributed by atoms with E-state index >= 15 is 0 Å². The Kier molecular flexibility index (Phi) is 7.34. The number of unbranched alkanes of at least 4 members (excludes halogenated alkanes) is 1. The Labute approximate surface area is 98.8 Å². The molecule has 0 fully saturated rings. The van der Waals surface area contributed by atoms with Crippen molar-refractivity contribution in [2.24, 2.45) is 5.73 Å². The molecule has 4 nitrogen and oxygen atoms in total. The number of carbonyl (C=O) groups excluding carboxylic acids is 1. The molecule has 0 aliphatic heterocycles. The van der Waals surface area contributed by atoms with Crippen molar-refractivity contribution in [3.05, 3.63) is 0 Å². The third-order valence-electron chi connectivity index (χ3n) is 2.49. The average Bonchev–Trinajstić information content (AvgIpc) is 2.19. The Morgan fingerprint density at radius 2 is 2.00 bits per heavy atom. The van der Waals surface area contributed by atoms with E-state index in [2.05, 4.69) is 6.92 Å². The van der Waals surface area contributed by atoms with Gasteiger partial charge in [-0.15, -0.1) is 0 Å². The third kappa shape index (κ3) is 7.65. The van der Waals surface area contributed by atoms with Gasteiger partial charge in [0.05, 0.1) is 6.61 Å². The Hall–Kier alpha value is -0.610. The third-order valence-corrected chi connectivity index (χ3v) is 2.49. The van der Waals surface area contributed by atoms with Crippen LogP contribution in [0.1, 0.15) is 46.5 Å². The van der Waals surface area contributed by atoms with Crippen molar-refractivity contribution in [1.29, 1.82) is 0 Å². The van der Waals surface area contributed by atoms with Gasteiger partial charge in [-0.25, -0.2) is 0 Å². The Morgan fingerprint density at radius 1 is 1.38 bits per heavy atom. The normalized spacial score (nSPS) is 11.6. The first kappa shape index (κ1) is 15.4. The van der Waals surface area contributed by atoms with E-state index in [4.69, 9.17) is 10.8 Å². The van der Waals surface area contributed by atoms with E-state index in [1.807, 2.05) is 13.8 Å². The number of amides is 1. The fourth-order valence-corrected chi connectivity index (χ4v) is 1.42. The number of hydrogen-bond acceptors (Lipinski definition) is 3. The molecule has 0 spiro atoms. The Balaban J connectivity index is 4.05. The molecular formula is C12H26N2O2. The van der Waals surface area contributed by atoms with Crippen LogP contribution in [0.4, 0.5) is 0 Å². The molecule has 16 heavy (non-hydrogen) atoms. The molecule has 96 valence electrons. The lowest BCUT2D eigenvalue weighted by Crippen LogP contribution is -2.38. The Morgan fingerprint density at radius 3 is 2.44 bits per heavy atom. The highest BCUT2D eigenvalue weighted by molar-refractivity contribution is 5.76. The summed E-state index contributed by atoms with van der Waals surface area (Å²) in [5, 5.41) is 8.89. The summed E-state index contributed by atoms with van der Waals surface area (Å²) in [5.74, 6) is 0.0982. The van der Waals surface area contributed by atoms with E-state index in [0.717, 1.165) is 19.4 Å². The van der Waals surface area contributed by atoms with Gasteiger partial charge in [0.25, 0.3) is 0 Å². The van der Waals surface area contributed by atoms with Crippen LogP contribution in [0.3, 0.4) is 0 Å². The maximum absolute atomic E-state index is 11.8. The van der Waals surface area contributed by atoms with Crippen LogP contribution in [0.5, 0.6) is 0 Å². The highest BCUT2D eigenvalue weighted by Crippen LogP contribution is 2.09. The molecule has 0 unspecified atom stereocenters. The van der Waals surface area contributed by atoms with Crippen molar-refractivity contribution in [1.82, 2.24) is 4.90 Å². The molecule has 0 rings (SSSR count). The number of carbonyl (C=O) groups is 1. The summed E-state index contributed by atoms with van der Waals surface area (Å²) in [6.45, 7) is 7.13. The zero-order valence-electron chi connectivity index (χ0n) is 10.8. The minimum Gasteiger partial charge on any atom is -0.395 e. The summed E-state index contributed by atoms with van der Waals surface area (Å²) in [6, 6.07) is 0. The van der Waals surface area contributed by atoms with Gasteiger partial charge >= 0.3 is 0 Å². The van der Waals surface area contributed by atoms with Crippen molar-refractivity contribution >= 4 is 5.91 Å². The molecule has 1 amide bonds. The predicted molar refractivity (Wildman–Crippen MR) is 66.1 cm³/mol. The monoisotopic (exact) mass is 230 g/mol. The van der Waals surface area contributed by atoms with Crippen molar-refractivity contribution in [2.75, 3.05) is 19.7 Å². The van der Waals surface area contributed by atoms with E-state index in [1.54, 1.807) is 4.90 Å². The largest absolute Gasteiger partial charge is 0.395 e. The molecule has 0 saturated heterocycles. The van der Waals surface area contributed by atoms with Gasteiger partial charge in [0.15, 0.2) is 0 Å². The van der Waals surface area contributed by atoms with E-state index in [-0.39, 0.29) is 18.1 Å². The van der Waals surface area contributed by atoms with Crippen molar-refractivity contribution in [3.8, 4) is 0 Å². The first-order valence-corrected chi connectivity index (χ1v) is 6.08. The van der Waals surface area contributed by atoms with Gasteiger partial charge in [-0.1, -0.05) is 13.3 Å². The second-order valence-corrected chi connectivity index (χ2v) is 4.95. The van der Waals surface area contributed by atoms with Crippen LogP contribution in [-0.4, -0.2) is 41.1 Å². The number of aliphatic hydroxyl groups is 1. The van der Waals surface area contributed by atoms with Crippen molar-refractivity contribution in [3.63, 3.8) is 0 Å². The Bertz CT molecular complexity index is 200. The van der Waals surface area contributed by atoms with E-state index in [1.165, 1.54) is 0 Å². The van der Waals surface area contributed by atoms with Crippen LogP contribution in [0.15, 0.2) is 0 Å². The van der Waals surface area contributed by atoms with E-state index in [9.17, 15) is 4.79 Å². The predicted octanol–water partition coefficient (Wildman–Crippen LogP) is 1.12. The maximum Gasteiger partial charge on any atom is 0.222 e. The molecule has 3 N–H and O–H groups in total. The molecule has 0 aromatic heterocycles. The number of rotatable bonds is 8. The van der Waals surface area contributed by atoms with Crippen molar-refractivity contribution < 1.29 is 9.90 Å². The standard InChI is InChI=1S/C12H26N2O2/c1-4-5-8-14(9-10-15)11(16)6-7-12(2,3)13/h15H,4-10,13H2,1-3H3. The van der Waals surface area contributed by atoms with Gasteiger partial charge in [0.1, 0.15) is 0 Å². The van der Waals surface area contributed by atoms with Gasteiger partial charge < -0.3 is 15.7 Å². The fraction of sp³-hybridized carbons (Fsp3) is 0.917. The van der Waals surface area contributed by atoms with E-state index < -0.39 is 0 Å². The molecule has 0 aromatic carbocycles. The highest BCUT2D eigenvalue weighted by Gasteiger charge is 2.17. The lowest BCUT2D eigenvalue weighted by molar-refractivity contribution is -0.132. The molecule has 0 saturated carbocycles.